The predicted octanol–water partition coefficient (Wildman–Crippen LogP) is 2.35. The Labute approximate surface area is 127 Å². The van der Waals surface area contributed by atoms with Gasteiger partial charge in [0.2, 0.25) is 0 Å². The highest BCUT2D eigenvalue weighted by Gasteiger charge is 2.20. The molecule has 0 bridgehead atoms. The molecule has 2 heterocycles. The minimum atomic E-state index is 0.526. The summed E-state index contributed by atoms with van der Waals surface area (Å²) in [7, 11) is 0. The quantitative estimate of drug-likeness (QED) is 0.873. The third-order valence-corrected chi connectivity index (χ3v) is 5.02. The van der Waals surface area contributed by atoms with Crippen LogP contribution in [0.1, 0.15) is 38.3 Å². The van der Waals surface area contributed by atoms with Gasteiger partial charge in [-0.1, -0.05) is 27.7 Å². The molecule has 1 aliphatic rings. The maximum atomic E-state index is 4.87. The molecule has 0 radical (unpaired) electrons. The summed E-state index contributed by atoms with van der Waals surface area (Å²) < 4.78 is 0. The van der Waals surface area contributed by atoms with Gasteiger partial charge >= 0.3 is 0 Å². The van der Waals surface area contributed by atoms with Crippen LogP contribution in [0.4, 0.5) is 5.13 Å². The standard InChI is InChI=1S/C15H28N4S/c1-5-13-14(11-16-12(3)4)20-15(17-13)19-9-7-18(6-2)8-10-19/h12,16H,5-11H2,1-4H3. The largest absolute Gasteiger partial charge is 0.346 e. The van der Waals surface area contributed by atoms with Crippen molar-refractivity contribution in [3.05, 3.63) is 10.6 Å². The normalized spacial score (nSPS) is 17.1. The first-order valence-electron chi connectivity index (χ1n) is 7.83. The van der Waals surface area contributed by atoms with Crippen LogP contribution in [0.5, 0.6) is 0 Å². The van der Waals surface area contributed by atoms with Gasteiger partial charge in [0.15, 0.2) is 5.13 Å². The molecule has 114 valence electrons. The van der Waals surface area contributed by atoms with Gasteiger partial charge in [0, 0.05) is 43.6 Å². The maximum Gasteiger partial charge on any atom is 0.185 e. The van der Waals surface area contributed by atoms with Gasteiger partial charge in [0.25, 0.3) is 0 Å². The van der Waals surface area contributed by atoms with Crippen molar-refractivity contribution in [3.63, 3.8) is 0 Å². The fourth-order valence-electron chi connectivity index (χ4n) is 2.47. The molecule has 0 unspecified atom stereocenters. The first-order valence-corrected chi connectivity index (χ1v) is 8.64. The van der Waals surface area contributed by atoms with Gasteiger partial charge in [-0.15, -0.1) is 11.3 Å². The Hall–Kier alpha value is -0.650. The number of anilines is 1. The van der Waals surface area contributed by atoms with E-state index in [-0.39, 0.29) is 0 Å². The molecular formula is C15H28N4S. The van der Waals surface area contributed by atoms with Gasteiger partial charge in [-0.25, -0.2) is 4.98 Å². The molecular weight excluding hydrogens is 268 g/mol. The molecule has 1 fully saturated rings. The van der Waals surface area contributed by atoms with Crippen LogP contribution in [0.3, 0.4) is 0 Å². The predicted molar refractivity (Wildman–Crippen MR) is 87.8 cm³/mol. The Kier molecular flexibility index (Phi) is 5.81. The maximum absolute atomic E-state index is 4.87. The Morgan fingerprint density at radius 2 is 1.90 bits per heavy atom. The van der Waals surface area contributed by atoms with Crippen molar-refractivity contribution in [3.8, 4) is 0 Å². The number of aromatic nitrogens is 1. The summed E-state index contributed by atoms with van der Waals surface area (Å²) in [5.41, 5.74) is 1.27. The van der Waals surface area contributed by atoms with Gasteiger partial charge < -0.3 is 15.1 Å². The summed E-state index contributed by atoms with van der Waals surface area (Å²) >= 11 is 1.88. The van der Waals surface area contributed by atoms with Gasteiger partial charge in [0.05, 0.1) is 5.69 Å². The summed E-state index contributed by atoms with van der Waals surface area (Å²) in [5, 5.41) is 4.73. The molecule has 1 saturated heterocycles. The molecule has 4 nitrogen and oxygen atoms in total. The average Bonchev–Trinajstić information content (AvgIpc) is 2.88. The van der Waals surface area contributed by atoms with Crippen molar-refractivity contribution >= 4 is 16.5 Å². The SMILES string of the molecule is CCc1nc(N2CCN(CC)CC2)sc1CNC(C)C. The van der Waals surface area contributed by atoms with Crippen molar-refractivity contribution in [2.24, 2.45) is 0 Å². The minimum absolute atomic E-state index is 0.526. The van der Waals surface area contributed by atoms with Crippen LogP contribution in [-0.4, -0.2) is 48.6 Å². The molecule has 0 atom stereocenters. The third kappa shape index (κ3) is 3.93. The lowest BCUT2D eigenvalue weighted by atomic mass is 10.3. The second-order valence-electron chi connectivity index (χ2n) is 5.68. The van der Waals surface area contributed by atoms with Crippen molar-refractivity contribution in [2.75, 3.05) is 37.6 Å². The summed E-state index contributed by atoms with van der Waals surface area (Å²) in [6, 6.07) is 0.526. The zero-order chi connectivity index (χ0) is 14.5. The average molecular weight is 296 g/mol. The Balaban J connectivity index is 2.01. The van der Waals surface area contributed by atoms with E-state index < -0.39 is 0 Å². The molecule has 1 aromatic heterocycles. The van der Waals surface area contributed by atoms with Gasteiger partial charge in [0.1, 0.15) is 0 Å². The van der Waals surface area contributed by atoms with Crippen LogP contribution in [0.15, 0.2) is 0 Å². The van der Waals surface area contributed by atoms with Crippen LogP contribution in [0.2, 0.25) is 0 Å². The Bertz CT molecular complexity index is 408. The van der Waals surface area contributed by atoms with Crippen LogP contribution in [0.25, 0.3) is 0 Å². The van der Waals surface area contributed by atoms with E-state index in [1.165, 1.54) is 15.7 Å². The Morgan fingerprint density at radius 1 is 1.20 bits per heavy atom. The van der Waals surface area contributed by atoms with E-state index in [2.05, 4.69) is 42.8 Å². The summed E-state index contributed by atoms with van der Waals surface area (Å²) in [4.78, 5) is 11.2. The molecule has 0 aromatic carbocycles. The lowest BCUT2D eigenvalue weighted by Crippen LogP contribution is -2.46. The van der Waals surface area contributed by atoms with Crippen LogP contribution in [0, 0.1) is 0 Å². The highest BCUT2D eigenvalue weighted by Crippen LogP contribution is 2.27. The number of nitrogens with zero attached hydrogens (tertiary/aromatic N) is 3. The number of hydrogen-bond acceptors (Lipinski definition) is 5. The van der Waals surface area contributed by atoms with E-state index in [1.807, 2.05) is 11.3 Å². The van der Waals surface area contributed by atoms with Gasteiger partial charge in [-0.05, 0) is 13.0 Å². The fourth-order valence-corrected chi connectivity index (χ4v) is 3.62. The fraction of sp³-hybridized carbons (Fsp3) is 0.800. The monoisotopic (exact) mass is 296 g/mol. The summed E-state index contributed by atoms with van der Waals surface area (Å²) in [5.74, 6) is 0. The zero-order valence-electron chi connectivity index (χ0n) is 13.3. The molecule has 5 heteroatoms. The number of aryl methyl sites for hydroxylation is 1. The smallest absolute Gasteiger partial charge is 0.185 e. The topological polar surface area (TPSA) is 31.4 Å². The van der Waals surface area contributed by atoms with Gasteiger partial charge in [-0.3, -0.25) is 0 Å². The van der Waals surface area contributed by atoms with E-state index in [4.69, 9.17) is 4.98 Å². The molecule has 20 heavy (non-hydrogen) atoms. The number of nitrogens with one attached hydrogen (secondary N) is 1. The highest BCUT2D eigenvalue weighted by atomic mass is 32.1. The van der Waals surface area contributed by atoms with E-state index >= 15 is 0 Å². The minimum Gasteiger partial charge on any atom is -0.346 e. The lowest BCUT2D eigenvalue weighted by Gasteiger charge is -2.33. The second kappa shape index (κ2) is 7.38. The highest BCUT2D eigenvalue weighted by molar-refractivity contribution is 7.15. The molecule has 2 rings (SSSR count). The van der Waals surface area contributed by atoms with Crippen LogP contribution >= 0.6 is 11.3 Å². The second-order valence-corrected chi connectivity index (χ2v) is 6.74. The van der Waals surface area contributed by atoms with E-state index in [9.17, 15) is 0 Å². The van der Waals surface area contributed by atoms with Gasteiger partial charge in [-0.2, -0.15) is 0 Å². The number of hydrogen-bond donors (Lipinski definition) is 1. The molecule has 0 saturated carbocycles. The molecule has 0 spiro atoms. The van der Waals surface area contributed by atoms with Crippen LogP contribution in [-0.2, 0) is 13.0 Å². The van der Waals surface area contributed by atoms with Crippen molar-refractivity contribution in [1.29, 1.82) is 0 Å². The van der Waals surface area contributed by atoms with E-state index in [1.54, 1.807) is 0 Å². The zero-order valence-corrected chi connectivity index (χ0v) is 14.1. The molecule has 1 N–H and O–H groups in total. The Morgan fingerprint density at radius 3 is 2.45 bits per heavy atom. The number of likely N-dealkylation sites (N-methyl/N-ethyl adjacent to an activating group) is 1. The number of rotatable bonds is 6. The van der Waals surface area contributed by atoms with Crippen LogP contribution < -0.4 is 10.2 Å². The van der Waals surface area contributed by atoms with Crippen molar-refractivity contribution in [2.45, 2.75) is 46.7 Å². The molecule has 0 amide bonds. The number of piperazine rings is 1. The summed E-state index contributed by atoms with van der Waals surface area (Å²) in [6.07, 6.45) is 1.03. The van der Waals surface area contributed by atoms with Crippen molar-refractivity contribution < 1.29 is 0 Å². The van der Waals surface area contributed by atoms with Crippen molar-refractivity contribution in [1.82, 2.24) is 15.2 Å². The number of thiazole rings is 1. The lowest BCUT2D eigenvalue weighted by molar-refractivity contribution is 0.271. The van der Waals surface area contributed by atoms with E-state index in [0.717, 1.165) is 45.7 Å². The third-order valence-electron chi connectivity index (χ3n) is 3.86. The molecule has 0 aliphatic carbocycles. The molecule has 1 aliphatic heterocycles. The first-order chi connectivity index (χ1) is 9.63. The summed E-state index contributed by atoms with van der Waals surface area (Å²) in [6.45, 7) is 15.5. The first kappa shape index (κ1) is 15.7. The van der Waals surface area contributed by atoms with E-state index in [0.29, 0.717) is 6.04 Å². The molecule has 1 aromatic rings.